The van der Waals surface area contributed by atoms with E-state index in [-0.39, 0.29) is 17.8 Å². The zero-order valence-electron chi connectivity index (χ0n) is 14.0. The first kappa shape index (κ1) is 17.8. The maximum absolute atomic E-state index is 12.6. The van der Waals surface area contributed by atoms with Crippen LogP contribution in [0.5, 0.6) is 5.75 Å². The number of aliphatic hydroxyl groups is 1. The van der Waals surface area contributed by atoms with E-state index in [1.165, 1.54) is 0 Å². The van der Waals surface area contributed by atoms with Crippen molar-refractivity contribution in [1.29, 1.82) is 0 Å². The van der Waals surface area contributed by atoms with Crippen LogP contribution in [0.4, 0.5) is 0 Å². The van der Waals surface area contributed by atoms with Gasteiger partial charge in [0, 0.05) is 6.20 Å². The van der Waals surface area contributed by atoms with E-state index in [0.29, 0.717) is 18.6 Å². The number of aliphatic hydroxyl groups excluding tert-OH is 1. The second-order valence-corrected chi connectivity index (χ2v) is 8.14. The molecule has 1 aromatic heterocycles. The summed E-state index contributed by atoms with van der Waals surface area (Å²) in [6.07, 6.45) is 3.98. The molecule has 0 amide bonds. The SMILES string of the molecule is COc1cncc([C@@H](NS(=O)(=O)Cc2ccccc2)C2CC(O)C2)c1. The molecule has 134 valence electrons. The molecule has 0 saturated heterocycles. The summed E-state index contributed by atoms with van der Waals surface area (Å²) in [7, 11) is -2.00. The van der Waals surface area contributed by atoms with Gasteiger partial charge in [0.15, 0.2) is 0 Å². The summed E-state index contributed by atoms with van der Waals surface area (Å²) in [6.45, 7) is 0. The van der Waals surface area contributed by atoms with Crippen molar-refractivity contribution in [2.75, 3.05) is 7.11 Å². The van der Waals surface area contributed by atoms with E-state index in [1.54, 1.807) is 37.7 Å². The van der Waals surface area contributed by atoms with Gasteiger partial charge in [0.05, 0.1) is 31.2 Å². The van der Waals surface area contributed by atoms with Crippen molar-refractivity contribution in [3.05, 3.63) is 59.9 Å². The number of nitrogens with one attached hydrogen (secondary N) is 1. The Hall–Kier alpha value is -1.96. The first-order valence-corrected chi connectivity index (χ1v) is 9.83. The molecule has 2 N–H and O–H groups in total. The molecule has 1 aromatic carbocycles. The van der Waals surface area contributed by atoms with Gasteiger partial charge in [0.2, 0.25) is 10.0 Å². The Kier molecular flexibility index (Phi) is 5.36. The van der Waals surface area contributed by atoms with Gasteiger partial charge in [-0.05, 0) is 36.0 Å². The molecule has 3 rings (SSSR count). The third kappa shape index (κ3) is 4.56. The molecule has 0 spiro atoms. The number of hydrogen-bond donors (Lipinski definition) is 2. The standard InChI is InChI=1S/C18H22N2O4S/c1-24-17-9-15(10-19-11-17)18(14-7-16(21)8-14)20-25(22,23)12-13-5-3-2-4-6-13/h2-6,9-11,14,16,18,20-21H,7-8,12H2,1H3/t14?,16?,18-/m0/s1. The number of hydrogen-bond acceptors (Lipinski definition) is 5. The molecule has 1 saturated carbocycles. The predicted octanol–water partition coefficient (Wildman–Crippen LogP) is 2.02. The molecular formula is C18H22N2O4S. The molecule has 1 aliphatic rings. The van der Waals surface area contributed by atoms with Crippen LogP contribution in [0.15, 0.2) is 48.8 Å². The number of methoxy groups -OCH3 is 1. The molecule has 7 heteroatoms. The van der Waals surface area contributed by atoms with Crippen LogP contribution in [0.3, 0.4) is 0 Å². The van der Waals surface area contributed by atoms with E-state index in [2.05, 4.69) is 9.71 Å². The highest BCUT2D eigenvalue weighted by Crippen LogP contribution is 2.39. The number of nitrogens with zero attached hydrogens (tertiary/aromatic N) is 1. The fraction of sp³-hybridized carbons (Fsp3) is 0.389. The van der Waals surface area contributed by atoms with Crippen molar-refractivity contribution < 1.29 is 18.3 Å². The third-order valence-electron chi connectivity index (χ3n) is 4.46. The maximum atomic E-state index is 12.6. The molecule has 0 aliphatic heterocycles. The molecule has 1 atom stereocenters. The van der Waals surface area contributed by atoms with E-state index in [0.717, 1.165) is 11.1 Å². The van der Waals surface area contributed by atoms with Gasteiger partial charge in [0.25, 0.3) is 0 Å². The van der Waals surface area contributed by atoms with Crippen LogP contribution in [0, 0.1) is 5.92 Å². The van der Waals surface area contributed by atoms with E-state index < -0.39 is 16.1 Å². The second-order valence-electron chi connectivity index (χ2n) is 6.38. The summed E-state index contributed by atoms with van der Waals surface area (Å²) in [5.41, 5.74) is 1.47. The zero-order valence-corrected chi connectivity index (χ0v) is 14.8. The molecule has 1 fully saturated rings. The van der Waals surface area contributed by atoms with Crippen molar-refractivity contribution in [3.8, 4) is 5.75 Å². The minimum Gasteiger partial charge on any atom is -0.495 e. The van der Waals surface area contributed by atoms with E-state index >= 15 is 0 Å². The van der Waals surface area contributed by atoms with E-state index in [1.807, 2.05) is 18.2 Å². The van der Waals surface area contributed by atoms with Gasteiger partial charge in [-0.3, -0.25) is 4.98 Å². The molecule has 6 nitrogen and oxygen atoms in total. The van der Waals surface area contributed by atoms with Crippen molar-refractivity contribution >= 4 is 10.0 Å². The molecule has 0 unspecified atom stereocenters. The van der Waals surface area contributed by atoms with Gasteiger partial charge in [-0.2, -0.15) is 0 Å². The molecule has 0 radical (unpaired) electrons. The predicted molar refractivity (Wildman–Crippen MR) is 94.5 cm³/mol. The molecule has 1 heterocycles. The van der Waals surface area contributed by atoms with Crippen LogP contribution in [0.25, 0.3) is 0 Å². The summed E-state index contributed by atoms with van der Waals surface area (Å²) in [4.78, 5) is 4.13. The Morgan fingerprint density at radius 1 is 1.28 bits per heavy atom. The summed E-state index contributed by atoms with van der Waals surface area (Å²) in [5.74, 6) is 0.524. The number of sulfonamides is 1. The molecule has 1 aliphatic carbocycles. The smallest absolute Gasteiger partial charge is 0.216 e. The minimum atomic E-state index is -3.54. The van der Waals surface area contributed by atoms with Crippen LogP contribution in [-0.2, 0) is 15.8 Å². The summed E-state index contributed by atoms with van der Waals surface area (Å²) in [5, 5.41) is 9.63. The van der Waals surface area contributed by atoms with Crippen LogP contribution in [0.2, 0.25) is 0 Å². The highest BCUT2D eigenvalue weighted by atomic mass is 32.2. The minimum absolute atomic E-state index is 0.0365. The first-order chi connectivity index (χ1) is 12.0. The average molecular weight is 362 g/mol. The Bertz CT molecular complexity index is 805. The summed E-state index contributed by atoms with van der Waals surface area (Å²) < 4.78 is 33.3. The normalized spacial score (nSPS) is 21.4. The van der Waals surface area contributed by atoms with Gasteiger partial charge in [0.1, 0.15) is 5.75 Å². The Morgan fingerprint density at radius 3 is 2.64 bits per heavy atom. The van der Waals surface area contributed by atoms with Gasteiger partial charge >= 0.3 is 0 Å². The molecule has 25 heavy (non-hydrogen) atoms. The lowest BCUT2D eigenvalue weighted by molar-refractivity contribution is 0.0279. The fourth-order valence-corrected chi connectivity index (χ4v) is 4.51. The Balaban J connectivity index is 1.82. The Labute approximate surface area is 147 Å². The molecular weight excluding hydrogens is 340 g/mol. The van der Waals surface area contributed by atoms with Crippen molar-refractivity contribution in [2.24, 2.45) is 5.92 Å². The lowest BCUT2D eigenvalue weighted by Crippen LogP contribution is -2.41. The highest BCUT2D eigenvalue weighted by Gasteiger charge is 2.37. The van der Waals surface area contributed by atoms with Crippen molar-refractivity contribution in [1.82, 2.24) is 9.71 Å². The first-order valence-electron chi connectivity index (χ1n) is 8.18. The quantitative estimate of drug-likeness (QED) is 0.787. The van der Waals surface area contributed by atoms with E-state index in [9.17, 15) is 13.5 Å². The third-order valence-corrected chi connectivity index (χ3v) is 5.78. The van der Waals surface area contributed by atoms with Crippen LogP contribution in [-0.4, -0.2) is 31.7 Å². The van der Waals surface area contributed by atoms with Gasteiger partial charge in [-0.25, -0.2) is 13.1 Å². The Morgan fingerprint density at radius 2 is 2.00 bits per heavy atom. The number of pyridine rings is 1. The monoisotopic (exact) mass is 362 g/mol. The zero-order chi connectivity index (χ0) is 17.9. The lowest BCUT2D eigenvalue weighted by Gasteiger charge is -2.38. The number of ether oxygens (including phenoxy) is 1. The fourth-order valence-electron chi connectivity index (χ4n) is 3.08. The van der Waals surface area contributed by atoms with Crippen molar-refractivity contribution in [3.63, 3.8) is 0 Å². The van der Waals surface area contributed by atoms with Gasteiger partial charge < -0.3 is 9.84 Å². The maximum Gasteiger partial charge on any atom is 0.216 e. The van der Waals surface area contributed by atoms with Gasteiger partial charge in [-0.1, -0.05) is 30.3 Å². The lowest BCUT2D eigenvalue weighted by atomic mass is 9.76. The van der Waals surface area contributed by atoms with Gasteiger partial charge in [-0.15, -0.1) is 0 Å². The topological polar surface area (TPSA) is 88.5 Å². The second kappa shape index (κ2) is 7.51. The number of rotatable bonds is 7. The summed E-state index contributed by atoms with van der Waals surface area (Å²) in [6, 6.07) is 10.4. The molecule has 2 aromatic rings. The largest absolute Gasteiger partial charge is 0.495 e. The van der Waals surface area contributed by atoms with Crippen molar-refractivity contribution in [2.45, 2.75) is 30.7 Å². The van der Waals surface area contributed by atoms with Crippen LogP contribution >= 0.6 is 0 Å². The number of benzene rings is 1. The van der Waals surface area contributed by atoms with Crippen LogP contribution in [0.1, 0.15) is 30.0 Å². The summed E-state index contributed by atoms with van der Waals surface area (Å²) >= 11 is 0. The molecule has 0 bridgehead atoms. The van der Waals surface area contributed by atoms with E-state index in [4.69, 9.17) is 4.74 Å². The highest BCUT2D eigenvalue weighted by molar-refractivity contribution is 7.88. The number of aromatic nitrogens is 1. The average Bonchev–Trinajstić information content (AvgIpc) is 2.58. The van der Waals surface area contributed by atoms with Crippen LogP contribution < -0.4 is 9.46 Å².